The SMILES string of the molecule is COCC1(C(=O)O)CCCN(C(=O)CNC(=O)CC(C)(C)C)C1. The minimum Gasteiger partial charge on any atom is -0.481 e. The lowest BCUT2D eigenvalue weighted by molar-refractivity contribution is -0.159. The molecule has 132 valence electrons. The number of carbonyl (C=O) groups is 3. The zero-order chi connectivity index (χ0) is 17.7. The first-order chi connectivity index (χ1) is 10.6. The molecule has 0 spiro atoms. The molecule has 2 amide bonds. The van der Waals surface area contributed by atoms with Gasteiger partial charge in [0.2, 0.25) is 11.8 Å². The Kier molecular flexibility index (Phi) is 6.56. The Bertz CT molecular complexity index is 454. The van der Waals surface area contributed by atoms with E-state index in [-0.39, 0.29) is 36.9 Å². The van der Waals surface area contributed by atoms with E-state index in [9.17, 15) is 19.5 Å². The van der Waals surface area contributed by atoms with E-state index in [1.165, 1.54) is 12.0 Å². The van der Waals surface area contributed by atoms with Gasteiger partial charge in [-0.25, -0.2) is 0 Å². The van der Waals surface area contributed by atoms with Gasteiger partial charge in [-0.2, -0.15) is 0 Å². The predicted octanol–water partition coefficient (Wildman–Crippen LogP) is 0.879. The molecule has 23 heavy (non-hydrogen) atoms. The first kappa shape index (κ1) is 19.4. The monoisotopic (exact) mass is 328 g/mol. The van der Waals surface area contributed by atoms with Crippen LogP contribution in [0, 0.1) is 10.8 Å². The van der Waals surface area contributed by atoms with E-state index in [2.05, 4.69) is 5.32 Å². The van der Waals surface area contributed by atoms with Crippen LogP contribution in [0.4, 0.5) is 0 Å². The molecule has 0 aliphatic carbocycles. The molecule has 1 atom stereocenters. The van der Waals surface area contributed by atoms with E-state index in [1.54, 1.807) is 0 Å². The van der Waals surface area contributed by atoms with E-state index in [4.69, 9.17) is 4.74 Å². The van der Waals surface area contributed by atoms with Gasteiger partial charge in [-0.15, -0.1) is 0 Å². The van der Waals surface area contributed by atoms with Crippen molar-refractivity contribution in [2.24, 2.45) is 10.8 Å². The second-order valence-corrected chi connectivity index (χ2v) is 7.45. The second kappa shape index (κ2) is 7.77. The molecule has 1 rings (SSSR count). The lowest BCUT2D eigenvalue weighted by atomic mass is 9.80. The molecule has 0 aromatic carbocycles. The smallest absolute Gasteiger partial charge is 0.313 e. The Hall–Kier alpha value is -1.63. The Morgan fingerprint density at radius 1 is 1.30 bits per heavy atom. The summed E-state index contributed by atoms with van der Waals surface area (Å²) >= 11 is 0. The fourth-order valence-electron chi connectivity index (χ4n) is 2.81. The van der Waals surface area contributed by atoms with Gasteiger partial charge in [0.25, 0.3) is 0 Å². The van der Waals surface area contributed by atoms with Gasteiger partial charge in [0.1, 0.15) is 5.41 Å². The highest BCUT2D eigenvalue weighted by atomic mass is 16.5. The van der Waals surface area contributed by atoms with Crippen molar-refractivity contribution in [3.63, 3.8) is 0 Å². The summed E-state index contributed by atoms with van der Waals surface area (Å²) in [4.78, 5) is 37.1. The van der Waals surface area contributed by atoms with Gasteiger partial charge in [-0.3, -0.25) is 14.4 Å². The zero-order valence-electron chi connectivity index (χ0n) is 14.5. The number of hydrogen-bond donors (Lipinski definition) is 2. The highest BCUT2D eigenvalue weighted by Gasteiger charge is 2.43. The quantitative estimate of drug-likeness (QED) is 0.754. The number of carbonyl (C=O) groups excluding carboxylic acids is 2. The average Bonchev–Trinajstić information content (AvgIpc) is 2.43. The van der Waals surface area contributed by atoms with Crippen LogP contribution in [0.1, 0.15) is 40.0 Å². The maximum atomic E-state index is 12.3. The summed E-state index contributed by atoms with van der Waals surface area (Å²) in [5.74, 6) is -1.38. The van der Waals surface area contributed by atoms with Gasteiger partial charge >= 0.3 is 5.97 Å². The molecule has 1 aliphatic rings. The van der Waals surface area contributed by atoms with Crippen LogP contribution in [-0.2, 0) is 19.1 Å². The normalized spacial score (nSPS) is 21.8. The third-order valence-electron chi connectivity index (χ3n) is 3.93. The molecule has 1 aliphatic heterocycles. The van der Waals surface area contributed by atoms with Crippen LogP contribution < -0.4 is 5.32 Å². The van der Waals surface area contributed by atoms with Crippen molar-refractivity contribution in [1.82, 2.24) is 10.2 Å². The van der Waals surface area contributed by atoms with Gasteiger partial charge < -0.3 is 20.1 Å². The summed E-state index contributed by atoms with van der Waals surface area (Å²) in [6.45, 7) is 6.44. The summed E-state index contributed by atoms with van der Waals surface area (Å²) in [6, 6.07) is 0. The number of hydrogen-bond acceptors (Lipinski definition) is 4. The van der Waals surface area contributed by atoms with Gasteiger partial charge in [0, 0.05) is 26.6 Å². The number of likely N-dealkylation sites (tertiary alicyclic amines) is 1. The van der Waals surface area contributed by atoms with Crippen LogP contribution >= 0.6 is 0 Å². The summed E-state index contributed by atoms with van der Waals surface area (Å²) in [5.41, 5.74) is -1.20. The average molecular weight is 328 g/mol. The van der Waals surface area contributed by atoms with Crippen molar-refractivity contribution in [1.29, 1.82) is 0 Å². The van der Waals surface area contributed by atoms with E-state index in [0.29, 0.717) is 25.8 Å². The lowest BCUT2D eigenvalue weighted by Gasteiger charge is -2.39. The maximum absolute atomic E-state index is 12.3. The van der Waals surface area contributed by atoms with Crippen LogP contribution in [0.25, 0.3) is 0 Å². The number of carboxylic acid groups (broad SMARTS) is 1. The van der Waals surface area contributed by atoms with Crippen LogP contribution in [0.3, 0.4) is 0 Å². The molecular weight excluding hydrogens is 300 g/mol. The number of aliphatic carboxylic acids is 1. The fraction of sp³-hybridized carbons (Fsp3) is 0.812. The van der Waals surface area contributed by atoms with E-state index in [0.717, 1.165) is 0 Å². The van der Waals surface area contributed by atoms with Gasteiger partial charge in [0.15, 0.2) is 0 Å². The summed E-state index contributed by atoms with van der Waals surface area (Å²) in [6.07, 6.45) is 1.43. The minimum absolute atomic E-state index is 0.0719. The molecule has 0 radical (unpaired) electrons. The van der Waals surface area contributed by atoms with Gasteiger partial charge in [-0.1, -0.05) is 20.8 Å². The van der Waals surface area contributed by atoms with Crippen molar-refractivity contribution >= 4 is 17.8 Å². The lowest BCUT2D eigenvalue weighted by Crippen LogP contribution is -2.53. The topological polar surface area (TPSA) is 95.9 Å². The van der Waals surface area contributed by atoms with Crippen molar-refractivity contribution in [3.8, 4) is 0 Å². The number of rotatable bonds is 6. The molecule has 1 unspecified atom stereocenters. The highest BCUT2D eigenvalue weighted by molar-refractivity contribution is 5.85. The fourth-order valence-corrected chi connectivity index (χ4v) is 2.81. The molecule has 1 saturated heterocycles. The molecule has 0 aromatic rings. The number of methoxy groups -OCH3 is 1. The molecule has 1 heterocycles. The van der Waals surface area contributed by atoms with Crippen LogP contribution in [0.5, 0.6) is 0 Å². The second-order valence-electron chi connectivity index (χ2n) is 7.45. The number of nitrogens with one attached hydrogen (secondary N) is 1. The third-order valence-corrected chi connectivity index (χ3v) is 3.93. The maximum Gasteiger partial charge on any atom is 0.313 e. The van der Waals surface area contributed by atoms with E-state index in [1.807, 2.05) is 20.8 Å². The molecule has 1 fully saturated rings. The van der Waals surface area contributed by atoms with Crippen LogP contribution in [0.15, 0.2) is 0 Å². The van der Waals surface area contributed by atoms with Crippen LogP contribution in [0.2, 0.25) is 0 Å². The molecule has 2 N–H and O–H groups in total. The summed E-state index contributed by atoms with van der Waals surface area (Å²) in [7, 11) is 1.46. The summed E-state index contributed by atoms with van der Waals surface area (Å²) in [5, 5.41) is 12.1. The molecule has 0 bridgehead atoms. The molecule has 7 heteroatoms. The van der Waals surface area contributed by atoms with Gasteiger partial charge in [-0.05, 0) is 18.3 Å². The zero-order valence-corrected chi connectivity index (χ0v) is 14.5. The van der Waals surface area contributed by atoms with Crippen molar-refractivity contribution in [2.45, 2.75) is 40.0 Å². The first-order valence-electron chi connectivity index (χ1n) is 7.86. The molecule has 0 saturated carbocycles. The molecule has 0 aromatic heterocycles. The van der Waals surface area contributed by atoms with E-state index >= 15 is 0 Å². The van der Waals surface area contributed by atoms with Crippen molar-refractivity contribution in [2.75, 3.05) is 33.4 Å². The first-order valence-corrected chi connectivity index (χ1v) is 7.86. The summed E-state index contributed by atoms with van der Waals surface area (Å²) < 4.78 is 5.04. The Labute approximate surface area is 137 Å². The third kappa shape index (κ3) is 5.82. The molecular formula is C16H28N2O5. The number of nitrogens with zero attached hydrogens (tertiary/aromatic N) is 1. The standard InChI is InChI=1S/C16H28N2O5/c1-15(2,3)8-12(19)17-9-13(20)18-7-5-6-16(10-18,11-23-4)14(21)22/h5-11H2,1-4H3,(H,17,19)(H,21,22). The predicted molar refractivity (Wildman–Crippen MR) is 84.8 cm³/mol. The van der Waals surface area contributed by atoms with Crippen molar-refractivity contribution < 1.29 is 24.2 Å². The highest BCUT2D eigenvalue weighted by Crippen LogP contribution is 2.30. The van der Waals surface area contributed by atoms with Crippen molar-refractivity contribution in [3.05, 3.63) is 0 Å². The van der Waals surface area contributed by atoms with Gasteiger partial charge in [0.05, 0.1) is 13.2 Å². The molecule has 7 nitrogen and oxygen atoms in total. The number of amides is 2. The number of carboxylic acids is 1. The minimum atomic E-state index is -1.06. The number of piperidine rings is 1. The Morgan fingerprint density at radius 3 is 2.48 bits per heavy atom. The van der Waals surface area contributed by atoms with Crippen LogP contribution in [-0.4, -0.2) is 61.1 Å². The Balaban J connectivity index is 2.59. The van der Waals surface area contributed by atoms with E-state index < -0.39 is 11.4 Å². The number of ether oxygens (including phenoxy) is 1. The Morgan fingerprint density at radius 2 is 1.96 bits per heavy atom. The largest absolute Gasteiger partial charge is 0.481 e.